The molecule has 5 heteroatoms. The zero-order valence-corrected chi connectivity index (χ0v) is 9.36. The molecule has 0 aliphatic carbocycles. The largest absolute Gasteiger partial charge is 0.336 e. The van der Waals surface area contributed by atoms with Crippen molar-refractivity contribution in [2.45, 2.75) is 24.0 Å². The molecule has 0 aliphatic heterocycles. The summed E-state index contributed by atoms with van der Waals surface area (Å²) < 4.78 is 5.19. The lowest BCUT2D eigenvalue weighted by Gasteiger charge is -2.29. The minimum Gasteiger partial charge on any atom is -0.336 e. The van der Waals surface area contributed by atoms with Crippen molar-refractivity contribution in [1.82, 2.24) is 0 Å². The molecule has 0 aromatic carbocycles. The van der Waals surface area contributed by atoms with Crippen molar-refractivity contribution < 1.29 is 4.74 Å². The number of rotatable bonds is 4. The zero-order chi connectivity index (χ0) is 9.12. The first-order valence-corrected chi connectivity index (χ1v) is 4.85. The van der Waals surface area contributed by atoms with E-state index in [0.717, 1.165) is 0 Å². The van der Waals surface area contributed by atoms with Crippen molar-refractivity contribution in [2.75, 3.05) is 11.8 Å². The maximum Gasteiger partial charge on any atom is 0.154 e. The van der Waals surface area contributed by atoms with E-state index in [2.05, 4.69) is 0 Å². The molecule has 0 N–H and O–H groups in total. The second kappa shape index (κ2) is 4.38. The van der Waals surface area contributed by atoms with Crippen LogP contribution in [0.25, 0.3) is 0 Å². The van der Waals surface area contributed by atoms with E-state index < -0.39 is 10.1 Å². The van der Waals surface area contributed by atoms with Crippen molar-refractivity contribution in [1.29, 1.82) is 0 Å². The summed E-state index contributed by atoms with van der Waals surface area (Å²) in [5, 5.41) is -1.90. The molecule has 68 valence electrons. The first-order chi connectivity index (χ1) is 4.83. The Morgan fingerprint density at radius 1 is 1.00 bits per heavy atom. The molecule has 0 aliphatic rings. The van der Waals surface area contributed by atoms with Crippen LogP contribution in [0, 0.1) is 0 Å². The third kappa shape index (κ3) is 5.37. The van der Waals surface area contributed by atoms with Crippen LogP contribution in [0.4, 0.5) is 0 Å². The molecule has 0 rings (SSSR count). The summed E-state index contributed by atoms with van der Waals surface area (Å²) >= 11 is 22.6. The summed E-state index contributed by atoms with van der Waals surface area (Å²) in [5.74, 6) is 0.321. The van der Waals surface area contributed by atoms with E-state index in [-0.39, 0.29) is 11.8 Å². The van der Waals surface area contributed by atoms with E-state index in [1.807, 2.05) is 0 Å². The van der Waals surface area contributed by atoms with E-state index in [4.69, 9.17) is 51.1 Å². The van der Waals surface area contributed by atoms with Crippen LogP contribution in [0.15, 0.2) is 0 Å². The number of hydrogen-bond donors (Lipinski definition) is 0. The van der Waals surface area contributed by atoms with Gasteiger partial charge >= 0.3 is 0 Å². The Hall–Kier alpha value is 1.12. The minimum absolute atomic E-state index is 0.160. The summed E-state index contributed by atoms with van der Waals surface area (Å²) in [7, 11) is 0. The lowest BCUT2D eigenvalue weighted by Crippen LogP contribution is -2.35. The van der Waals surface area contributed by atoms with E-state index in [0.29, 0.717) is 0 Å². The average Bonchev–Trinajstić information content (AvgIpc) is 1.86. The Balaban J connectivity index is 4.02. The van der Waals surface area contributed by atoms with Gasteiger partial charge in [-0.05, 0) is 13.8 Å². The van der Waals surface area contributed by atoms with E-state index in [9.17, 15) is 0 Å². The predicted octanol–water partition coefficient (Wildman–Crippen LogP) is 3.39. The lowest BCUT2D eigenvalue weighted by atomic mass is 10.4. The lowest BCUT2D eigenvalue weighted by molar-refractivity contribution is -0.0220. The number of alkyl halides is 4. The van der Waals surface area contributed by atoms with Gasteiger partial charge in [0.25, 0.3) is 0 Å². The van der Waals surface area contributed by atoms with Crippen molar-refractivity contribution >= 4 is 46.4 Å². The Morgan fingerprint density at radius 2 is 1.27 bits per heavy atom. The van der Waals surface area contributed by atoms with Gasteiger partial charge in [0.15, 0.2) is 10.1 Å². The molecule has 0 spiro atoms. The van der Waals surface area contributed by atoms with Crippen molar-refractivity contribution in [3.63, 3.8) is 0 Å². The molecule has 0 amide bonds. The normalized spacial score (nSPS) is 22.4. The van der Waals surface area contributed by atoms with Gasteiger partial charge in [0, 0.05) is 0 Å². The molecule has 0 aromatic rings. The fourth-order valence-corrected chi connectivity index (χ4v) is 0.987. The molecular weight excluding hydrogens is 230 g/mol. The predicted molar refractivity (Wildman–Crippen MR) is 51.0 cm³/mol. The van der Waals surface area contributed by atoms with Gasteiger partial charge in [0.2, 0.25) is 0 Å². The molecule has 0 aromatic heterocycles. The van der Waals surface area contributed by atoms with Crippen LogP contribution in [0.1, 0.15) is 13.8 Å². The zero-order valence-electron chi connectivity index (χ0n) is 6.33. The Bertz CT molecular complexity index is 110. The maximum absolute atomic E-state index is 5.79. The van der Waals surface area contributed by atoms with Crippen LogP contribution in [0.2, 0.25) is 0 Å². The monoisotopic (exact) mass is 238 g/mol. The first kappa shape index (κ1) is 12.1. The molecule has 11 heavy (non-hydrogen) atoms. The molecular formula is C6H10Cl4O. The Morgan fingerprint density at radius 3 is 1.45 bits per heavy atom. The molecule has 2 atom stereocenters. The summed E-state index contributed by atoms with van der Waals surface area (Å²) in [6.45, 7) is 3.27. The molecule has 0 fully saturated rings. The van der Waals surface area contributed by atoms with Gasteiger partial charge < -0.3 is 4.74 Å². The molecule has 0 saturated carbocycles. The third-order valence-electron chi connectivity index (χ3n) is 0.903. The van der Waals surface area contributed by atoms with Crippen LogP contribution in [-0.2, 0) is 4.74 Å². The number of ether oxygens (including phenoxy) is 1. The number of halogens is 4. The topological polar surface area (TPSA) is 9.23 Å². The molecule has 0 bridgehead atoms. The van der Waals surface area contributed by atoms with E-state index in [1.54, 1.807) is 13.8 Å². The molecule has 1 nitrogen and oxygen atoms in total. The Labute approximate surface area is 86.9 Å². The van der Waals surface area contributed by atoms with Gasteiger partial charge in [0.1, 0.15) is 0 Å². The summed E-state index contributed by atoms with van der Waals surface area (Å²) in [4.78, 5) is 0. The highest BCUT2D eigenvalue weighted by atomic mass is 35.5. The van der Waals surface area contributed by atoms with Crippen LogP contribution in [0.5, 0.6) is 0 Å². The van der Waals surface area contributed by atoms with Crippen molar-refractivity contribution in [3.8, 4) is 0 Å². The Kier molecular flexibility index (Phi) is 4.83. The quantitative estimate of drug-likeness (QED) is 0.684. The fraction of sp³-hybridized carbons (Fsp3) is 1.00. The highest BCUT2D eigenvalue weighted by molar-refractivity contribution is 6.31. The van der Waals surface area contributed by atoms with Crippen molar-refractivity contribution in [2.24, 2.45) is 0 Å². The summed E-state index contributed by atoms with van der Waals surface area (Å²) in [6.07, 6.45) is 0. The standard InChI is InChI=1S/C6H10Cl4O/c1-5(9,3-7)11-6(2,10)4-8/h3-4H2,1-2H3. The maximum atomic E-state index is 5.79. The van der Waals surface area contributed by atoms with Crippen LogP contribution >= 0.6 is 46.4 Å². The summed E-state index contributed by atoms with van der Waals surface area (Å²) in [5.41, 5.74) is 0. The SMILES string of the molecule is CC(Cl)(CCl)OC(C)(Cl)CCl. The van der Waals surface area contributed by atoms with Crippen LogP contribution in [0.3, 0.4) is 0 Å². The van der Waals surface area contributed by atoms with Gasteiger partial charge in [-0.3, -0.25) is 0 Å². The smallest absolute Gasteiger partial charge is 0.154 e. The highest BCUT2D eigenvalue weighted by Crippen LogP contribution is 2.29. The first-order valence-electron chi connectivity index (χ1n) is 3.03. The van der Waals surface area contributed by atoms with E-state index in [1.165, 1.54) is 0 Å². The molecule has 0 saturated heterocycles. The van der Waals surface area contributed by atoms with Gasteiger partial charge in [-0.2, -0.15) is 0 Å². The van der Waals surface area contributed by atoms with Gasteiger partial charge in [-0.15, -0.1) is 23.2 Å². The van der Waals surface area contributed by atoms with Crippen molar-refractivity contribution in [3.05, 3.63) is 0 Å². The average molecular weight is 240 g/mol. The summed E-state index contributed by atoms with van der Waals surface area (Å²) in [6, 6.07) is 0. The number of hydrogen-bond acceptors (Lipinski definition) is 1. The van der Waals surface area contributed by atoms with Crippen LogP contribution in [-0.4, -0.2) is 21.9 Å². The molecule has 2 unspecified atom stereocenters. The molecule has 0 heterocycles. The highest BCUT2D eigenvalue weighted by Gasteiger charge is 2.31. The van der Waals surface area contributed by atoms with Crippen LogP contribution < -0.4 is 0 Å². The third-order valence-corrected chi connectivity index (χ3v) is 2.62. The van der Waals surface area contributed by atoms with Gasteiger partial charge in [0.05, 0.1) is 11.8 Å². The fourth-order valence-electron chi connectivity index (χ4n) is 0.498. The van der Waals surface area contributed by atoms with Gasteiger partial charge in [-0.25, -0.2) is 0 Å². The molecule has 0 radical (unpaired) electrons. The second-order valence-corrected chi connectivity index (χ2v) is 4.71. The second-order valence-electron chi connectivity index (χ2n) is 2.57. The van der Waals surface area contributed by atoms with Gasteiger partial charge in [-0.1, -0.05) is 23.2 Å². The minimum atomic E-state index is -0.951. The van der Waals surface area contributed by atoms with E-state index >= 15 is 0 Å².